The van der Waals surface area contributed by atoms with Crippen molar-refractivity contribution in [1.82, 2.24) is 4.98 Å². The van der Waals surface area contributed by atoms with Gasteiger partial charge in [0.05, 0.1) is 6.20 Å². The van der Waals surface area contributed by atoms with E-state index in [2.05, 4.69) is 11.6 Å². The Morgan fingerprint density at radius 1 is 1.78 bits per heavy atom. The number of hydrogen-bond donors (Lipinski definition) is 0. The van der Waals surface area contributed by atoms with E-state index in [-0.39, 0.29) is 0 Å². The van der Waals surface area contributed by atoms with Crippen LogP contribution in [0.3, 0.4) is 0 Å². The molecule has 1 aromatic rings. The molecule has 0 spiro atoms. The van der Waals surface area contributed by atoms with Gasteiger partial charge < -0.3 is 4.42 Å². The lowest BCUT2D eigenvalue weighted by molar-refractivity contribution is 0.495. The zero-order valence-electron chi connectivity index (χ0n) is 5.21. The van der Waals surface area contributed by atoms with Gasteiger partial charge in [0.1, 0.15) is 6.26 Å². The minimum Gasteiger partial charge on any atom is -0.449 e. The molecule has 0 aliphatic heterocycles. The third kappa shape index (κ3) is 1.72. The highest BCUT2D eigenvalue weighted by Crippen LogP contribution is 1.98. The summed E-state index contributed by atoms with van der Waals surface area (Å²) in [5, 5.41) is 0. The second-order valence-electron chi connectivity index (χ2n) is 1.75. The van der Waals surface area contributed by atoms with Crippen LogP contribution in [-0.2, 0) is 6.42 Å². The summed E-state index contributed by atoms with van der Waals surface area (Å²) in [5.41, 5.74) is 0. The van der Waals surface area contributed by atoms with E-state index < -0.39 is 0 Å². The number of aromatic nitrogens is 1. The summed E-state index contributed by atoms with van der Waals surface area (Å²) in [6, 6.07) is 0. The summed E-state index contributed by atoms with van der Waals surface area (Å²) < 4.78 is 4.98. The van der Waals surface area contributed by atoms with E-state index in [1.807, 2.05) is 6.08 Å². The molecule has 0 aromatic carbocycles. The molecule has 0 bridgehead atoms. The predicted molar refractivity (Wildman–Crippen MR) is 35.0 cm³/mol. The van der Waals surface area contributed by atoms with Gasteiger partial charge in [-0.25, -0.2) is 4.98 Å². The Labute approximate surface area is 54.2 Å². The zero-order chi connectivity index (χ0) is 6.53. The van der Waals surface area contributed by atoms with Crippen molar-refractivity contribution >= 4 is 0 Å². The third-order valence-electron chi connectivity index (χ3n) is 1.05. The van der Waals surface area contributed by atoms with Crippen molar-refractivity contribution in [3.63, 3.8) is 0 Å². The maximum atomic E-state index is 4.98. The Bertz CT molecular complexity index is 167. The Morgan fingerprint density at radius 2 is 2.67 bits per heavy atom. The Morgan fingerprint density at radius 3 is 3.22 bits per heavy atom. The lowest BCUT2D eigenvalue weighted by Gasteiger charge is -1.85. The Balaban J connectivity index is 2.38. The van der Waals surface area contributed by atoms with Crippen molar-refractivity contribution in [1.29, 1.82) is 0 Å². The van der Waals surface area contributed by atoms with E-state index in [1.54, 1.807) is 12.5 Å². The fraction of sp³-hybridized carbons (Fsp3) is 0.286. The quantitative estimate of drug-likeness (QED) is 0.573. The second-order valence-corrected chi connectivity index (χ2v) is 1.75. The minimum atomic E-state index is 0.787. The summed E-state index contributed by atoms with van der Waals surface area (Å²) in [6.45, 7) is 3.59. The highest BCUT2D eigenvalue weighted by atomic mass is 16.3. The first-order valence-electron chi connectivity index (χ1n) is 2.93. The largest absolute Gasteiger partial charge is 0.449 e. The fourth-order valence-electron chi connectivity index (χ4n) is 0.602. The number of oxazole rings is 1. The fourth-order valence-corrected chi connectivity index (χ4v) is 0.602. The molecule has 1 aromatic heterocycles. The molecule has 0 fully saturated rings. The highest BCUT2D eigenvalue weighted by molar-refractivity contribution is 4.82. The van der Waals surface area contributed by atoms with Gasteiger partial charge in [-0.05, 0) is 6.42 Å². The van der Waals surface area contributed by atoms with Crippen LogP contribution in [0.2, 0.25) is 0 Å². The number of allylic oxidation sites excluding steroid dienone is 1. The maximum Gasteiger partial charge on any atom is 0.194 e. The number of nitrogens with zero attached hydrogens (tertiary/aromatic N) is 1. The van der Waals surface area contributed by atoms with E-state index in [1.165, 1.54) is 0 Å². The summed E-state index contributed by atoms with van der Waals surface area (Å²) >= 11 is 0. The summed E-state index contributed by atoms with van der Waals surface area (Å²) in [4.78, 5) is 3.94. The van der Waals surface area contributed by atoms with Crippen LogP contribution in [0.1, 0.15) is 12.3 Å². The molecule has 0 aliphatic rings. The Hall–Kier alpha value is -1.05. The van der Waals surface area contributed by atoms with Gasteiger partial charge in [-0.2, -0.15) is 0 Å². The molecule has 0 unspecified atom stereocenters. The van der Waals surface area contributed by atoms with E-state index in [0.717, 1.165) is 18.7 Å². The molecule has 0 aliphatic carbocycles. The van der Waals surface area contributed by atoms with Crippen molar-refractivity contribution in [2.75, 3.05) is 0 Å². The average Bonchev–Trinajstić information content (AvgIpc) is 2.34. The van der Waals surface area contributed by atoms with Gasteiger partial charge in [0, 0.05) is 6.42 Å². The molecule has 0 atom stereocenters. The number of rotatable bonds is 3. The van der Waals surface area contributed by atoms with E-state index in [4.69, 9.17) is 4.42 Å². The topological polar surface area (TPSA) is 26.0 Å². The van der Waals surface area contributed by atoms with Crippen LogP contribution in [0.5, 0.6) is 0 Å². The molecule has 9 heavy (non-hydrogen) atoms. The van der Waals surface area contributed by atoms with Crippen LogP contribution < -0.4 is 0 Å². The smallest absolute Gasteiger partial charge is 0.194 e. The molecular formula is C7H9NO. The van der Waals surface area contributed by atoms with Gasteiger partial charge in [0.15, 0.2) is 5.89 Å². The summed E-state index contributed by atoms with van der Waals surface area (Å²) in [7, 11) is 0. The standard InChI is InChI=1S/C7H9NO/c1-2-3-4-7-8-5-6-9-7/h2,5-6H,1,3-4H2. The third-order valence-corrected chi connectivity index (χ3v) is 1.05. The van der Waals surface area contributed by atoms with E-state index in [9.17, 15) is 0 Å². The molecule has 48 valence electrons. The zero-order valence-corrected chi connectivity index (χ0v) is 5.21. The lowest BCUT2D eigenvalue weighted by Crippen LogP contribution is -1.80. The van der Waals surface area contributed by atoms with Crippen LogP contribution in [0.4, 0.5) is 0 Å². The molecule has 0 amide bonds. The molecule has 0 radical (unpaired) electrons. The predicted octanol–water partition coefficient (Wildman–Crippen LogP) is 1.79. The van der Waals surface area contributed by atoms with Crippen molar-refractivity contribution in [2.45, 2.75) is 12.8 Å². The van der Waals surface area contributed by atoms with Crippen LogP contribution >= 0.6 is 0 Å². The molecule has 0 N–H and O–H groups in total. The molecule has 1 heterocycles. The molecular weight excluding hydrogens is 114 g/mol. The van der Waals surface area contributed by atoms with Gasteiger partial charge in [-0.15, -0.1) is 6.58 Å². The van der Waals surface area contributed by atoms with Crippen LogP contribution in [0.15, 0.2) is 29.5 Å². The van der Waals surface area contributed by atoms with E-state index >= 15 is 0 Å². The average molecular weight is 123 g/mol. The van der Waals surface area contributed by atoms with Crippen LogP contribution in [0, 0.1) is 0 Å². The van der Waals surface area contributed by atoms with Gasteiger partial charge >= 0.3 is 0 Å². The van der Waals surface area contributed by atoms with E-state index in [0.29, 0.717) is 0 Å². The SMILES string of the molecule is C=CCCc1ncco1. The van der Waals surface area contributed by atoms with Crippen molar-refractivity contribution < 1.29 is 4.42 Å². The lowest BCUT2D eigenvalue weighted by atomic mass is 10.3. The molecule has 0 saturated heterocycles. The number of hydrogen-bond acceptors (Lipinski definition) is 2. The first kappa shape index (κ1) is 6.08. The van der Waals surface area contributed by atoms with Gasteiger partial charge in [0.25, 0.3) is 0 Å². The van der Waals surface area contributed by atoms with Gasteiger partial charge in [0.2, 0.25) is 0 Å². The first-order valence-corrected chi connectivity index (χ1v) is 2.93. The van der Waals surface area contributed by atoms with Crippen molar-refractivity contribution in [2.24, 2.45) is 0 Å². The van der Waals surface area contributed by atoms with Gasteiger partial charge in [-0.3, -0.25) is 0 Å². The normalized spacial score (nSPS) is 9.33. The molecule has 1 rings (SSSR count). The Kier molecular flexibility index (Phi) is 2.07. The first-order chi connectivity index (χ1) is 4.43. The molecule has 2 nitrogen and oxygen atoms in total. The van der Waals surface area contributed by atoms with Crippen LogP contribution in [0.25, 0.3) is 0 Å². The highest BCUT2D eigenvalue weighted by Gasteiger charge is 1.91. The molecule has 2 heteroatoms. The second kappa shape index (κ2) is 3.07. The molecule has 0 saturated carbocycles. The van der Waals surface area contributed by atoms with Gasteiger partial charge in [-0.1, -0.05) is 6.08 Å². The maximum absolute atomic E-state index is 4.98. The van der Waals surface area contributed by atoms with Crippen molar-refractivity contribution in [3.8, 4) is 0 Å². The summed E-state index contributed by atoms with van der Waals surface area (Å²) in [6.07, 6.45) is 6.87. The summed E-state index contributed by atoms with van der Waals surface area (Å²) in [5.74, 6) is 0.787. The monoisotopic (exact) mass is 123 g/mol. The van der Waals surface area contributed by atoms with Crippen molar-refractivity contribution in [3.05, 3.63) is 31.0 Å². The number of aryl methyl sites for hydroxylation is 1. The minimum absolute atomic E-state index is 0.787. The van der Waals surface area contributed by atoms with Crippen LogP contribution in [-0.4, -0.2) is 4.98 Å².